The normalized spacial score (nSPS) is 12.3. The Bertz CT molecular complexity index is 1580. The number of hydrogen-bond donors (Lipinski definition) is 3. The SMILES string of the molecule is CC(C)CN(CCNC(=O)c1ccc2c(c1)OCCO2)C(=O)CCCNC(=O)c1ccc(-c2n[nH]c3ccccc23)cc1. The summed E-state index contributed by atoms with van der Waals surface area (Å²) in [5, 5.41) is 14.3. The molecule has 224 valence electrons. The lowest BCUT2D eigenvalue weighted by molar-refractivity contribution is -0.131. The summed E-state index contributed by atoms with van der Waals surface area (Å²) in [6.07, 6.45) is 0.814. The molecular weight excluding hydrogens is 546 g/mol. The van der Waals surface area contributed by atoms with E-state index in [1.54, 1.807) is 35.2 Å². The Morgan fingerprint density at radius 1 is 0.884 bits per heavy atom. The number of aromatic amines is 1. The van der Waals surface area contributed by atoms with Crippen LogP contribution in [0.1, 0.15) is 47.4 Å². The van der Waals surface area contributed by atoms with Crippen LogP contribution in [0.15, 0.2) is 66.7 Å². The number of carbonyl (C=O) groups is 3. The molecular formula is C33H37N5O5. The summed E-state index contributed by atoms with van der Waals surface area (Å²) in [7, 11) is 0. The molecule has 5 rings (SSSR count). The van der Waals surface area contributed by atoms with E-state index in [-0.39, 0.29) is 23.6 Å². The molecule has 1 aliphatic rings. The Morgan fingerprint density at radius 3 is 2.37 bits per heavy atom. The van der Waals surface area contributed by atoms with Gasteiger partial charge in [-0.1, -0.05) is 44.2 Å². The highest BCUT2D eigenvalue weighted by Gasteiger charge is 2.18. The van der Waals surface area contributed by atoms with Gasteiger partial charge in [-0.25, -0.2) is 0 Å². The van der Waals surface area contributed by atoms with E-state index < -0.39 is 0 Å². The average molecular weight is 584 g/mol. The topological polar surface area (TPSA) is 126 Å². The van der Waals surface area contributed by atoms with Crippen molar-refractivity contribution in [3.63, 3.8) is 0 Å². The largest absolute Gasteiger partial charge is 0.486 e. The van der Waals surface area contributed by atoms with E-state index in [4.69, 9.17) is 9.47 Å². The molecule has 0 aliphatic carbocycles. The van der Waals surface area contributed by atoms with Gasteiger partial charge in [0.2, 0.25) is 5.91 Å². The molecule has 3 aromatic carbocycles. The van der Waals surface area contributed by atoms with Gasteiger partial charge in [0.15, 0.2) is 11.5 Å². The molecule has 3 amide bonds. The summed E-state index contributed by atoms with van der Waals surface area (Å²) in [6, 6.07) is 20.3. The molecule has 10 nitrogen and oxygen atoms in total. The monoisotopic (exact) mass is 583 g/mol. The first-order valence-corrected chi connectivity index (χ1v) is 14.7. The van der Waals surface area contributed by atoms with Gasteiger partial charge in [0, 0.05) is 54.7 Å². The van der Waals surface area contributed by atoms with Crippen molar-refractivity contribution in [3.8, 4) is 22.8 Å². The van der Waals surface area contributed by atoms with E-state index in [0.29, 0.717) is 74.9 Å². The zero-order chi connectivity index (χ0) is 30.2. The van der Waals surface area contributed by atoms with Gasteiger partial charge >= 0.3 is 0 Å². The van der Waals surface area contributed by atoms with Crippen LogP contribution in [0, 0.1) is 5.92 Å². The summed E-state index contributed by atoms with van der Waals surface area (Å²) in [5.74, 6) is 1.03. The van der Waals surface area contributed by atoms with Crippen LogP contribution in [-0.4, -0.2) is 72.2 Å². The summed E-state index contributed by atoms with van der Waals surface area (Å²) in [5.41, 5.74) is 3.75. The third-order valence-corrected chi connectivity index (χ3v) is 7.15. The Hall–Kier alpha value is -4.86. The first kappa shape index (κ1) is 29.6. The smallest absolute Gasteiger partial charge is 0.251 e. The molecule has 1 aromatic heterocycles. The van der Waals surface area contributed by atoms with Gasteiger partial charge in [-0.2, -0.15) is 5.10 Å². The molecule has 10 heteroatoms. The second kappa shape index (κ2) is 13.9. The van der Waals surface area contributed by atoms with Crippen molar-refractivity contribution in [1.29, 1.82) is 0 Å². The number of ether oxygens (including phenoxy) is 2. The number of fused-ring (bicyclic) bond motifs is 2. The molecule has 0 spiro atoms. The summed E-state index contributed by atoms with van der Waals surface area (Å²) >= 11 is 0. The van der Waals surface area contributed by atoms with Gasteiger partial charge in [0.25, 0.3) is 11.8 Å². The molecule has 4 aromatic rings. The number of aromatic nitrogens is 2. The highest BCUT2D eigenvalue weighted by atomic mass is 16.6. The fourth-order valence-corrected chi connectivity index (χ4v) is 5.01. The predicted molar refractivity (Wildman–Crippen MR) is 164 cm³/mol. The zero-order valence-corrected chi connectivity index (χ0v) is 24.5. The second-order valence-corrected chi connectivity index (χ2v) is 10.9. The minimum atomic E-state index is -0.234. The number of hydrogen-bond acceptors (Lipinski definition) is 6. The van der Waals surface area contributed by atoms with E-state index in [9.17, 15) is 14.4 Å². The Labute approximate surface area is 250 Å². The molecule has 0 saturated heterocycles. The van der Waals surface area contributed by atoms with Crippen LogP contribution in [-0.2, 0) is 4.79 Å². The summed E-state index contributed by atoms with van der Waals surface area (Å²) in [6.45, 7) is 6.73. The summed E-state index contributed by atoms with van der Waals surface area (Å²) in [4.78, 5) is 40.1. The molecule has 0 saturated carbocycles. The van der Waals surface area contributed by atoms with Crippen LogP contribution >= 0.6 is 0 Å². The van der Waals surface area contributed by atoms with E-state index in [1.165, 1.54) is 0 Å². The van der Waals surface area contributed by atoms with Crippen molar-refractivity contribution < 1.29 is 23.9 Å². The van der Waals surface area contributed by atoms with Crippen molar-refractivity contribution >= 4 is 28.6 Å². The molecule has 3 N–H and O–H groups in total. The Balaban J connectivity index is 1.06. The lowest BCUT2D eigenvalue weighted by Gasteiger charge is -2.25. The fraction of sp³-hybridized carbons (Fsp3) is 0.333. The maximum atomic E-state index is 13.0. The fourth-order valence-electron chi connectivity index (χ4n) is 5.01. The highest BCUT2D eigenvalue weighted by Crippen LogP contribution is 2.30. The lowest BCUT2D eigenvalue weighted by atomic mass is 10.1. The molecule has 0 radical (unpaired) electrons. The number of benzene rings is 3. The third-order valence-electron chi connectivity index (χ3n) is 7.15. The quantitative estimate of drug-likeness (QED) is 0.212. The van der Waals surface area contributed by atoms with E-state index >= 15 is 0 Å². The maximum absolute atomic E-state index is 13.0. The number of rotatable bonds is 12. The van der Waals surface area contributed by atoms with Crippen LogP contribution in [0.3, 0.4) is 0 Å². The maximum Gasteiger partial charge on any atom is 0.251 e. The first-order valence-electron chi connectivity index (χ1n) is 14.7. The van der Waals surface area contributed by atoms with Crippen molar-refractivity contribution in [3.05, 3.63) is 77.9 Å². The number of H-pyrrole nitrogens is 1. The molecule has 2 heterocycles. The Kier molecular flexibility index (Phi) is 9.56. The minimum Gasteiger partial charge on any atom is -0.486 e. The lowest BCUT2D eigenvalue weighted by Crippen LogP contribution is -2.40. The number of nitrogens with zero attached hydrogens (tertiary/aromatic N) is 2. The van der Waals surface area contributed by atoms with Gasteiger partial charge in [0.1, 0.15) is 13.2 Å². The number of amides is 3. The van der Waals surface area contributed by atoms with E-state index in [0.717, 1.165) is 22.2 Å². The Morgan fingerprint density at radius 2 is 1.58 bits per heavy atom. The third kappa shape index (κ3) is 7.51. The van der Waals surface area contributed by atoms with Crippen LogP contribution in [0.25, 0.3) is 22.2 Å². The van der Waals surface area contributed by atoms with Crippen molar-refractivity contribution in [2.45, 2.75) is 26.7 Å². The zero-order valence-electron chi connectivity index (χ0n) is 24.5. The highest BCUT2D eigenvalue weighted by molar-refractivity contribution is 5.96. The van der Waals surface area contributed by atoms with Gasteiger partial charge in [-0.05, 0) is 48.7 Å². The predicted octanol–water partition coefficient (Wildman–Crippen LogP) is 4.43. The van der Waals surface area contributed by atoms with Gasteiger partial charge < -0.3 is 25.0 Å². The number of nitrogens with one attached hydrogen (secondary N) is 3. The van der Waals surface area contributed by atoms with Crippen LogP contribution < -0.4 is 20.1 Å². The summed E-state index contributed by atoms with van der Waals surface area (Å²) < 4.78 is 11.1. The molecule has 0 atom stereocenters. The molecule has 0 fully saturated rings. The van der Waals surface area contributed by atoms with Crippen molar-refractivity contribution in [2.75, 3.05) is 39.4 Å². The van der Waals surface area contributed by atoms with Gasteiger partial charge in [0.05, 0.1) is 11.2 Å². The first-order chi connectivity index (χ1) is 20.9. The molecule has 0 unspecified atom stereocenters. The molecule has 43 heavy (non-hydrogen) atoms. The molecule has 0 bridgehead atoms. The number of carbonyl (C=O) groups excluding carboxylic acids is 3. The van der Waals surface area contributed by atoms with Crippen LogP contribution in [0.4, 0.5) is 0 Å². The van der Waals surface area contributed by atoms with E-state index in [2.05, 4.69) is 20.8 Å². The van der Waals surface area contributed by atoms with Crippen LogP contribution in [0.5, 0.6) is 11.5 Å². The average Bonchev–Trinajstić information content (AvgIpc) is 3.46. The van der Waals surface area contributed by atoms with Crippen molar-refractivity contribution in [1.82, 2.24) is 25.7 Å². The molecule has 1 aliphatic heterocycles. The van der Waals surface area contributed by atoms with Crippen LogP contribution in [0.2, 0.25) is 0 Å². The van der Waals surface area contributed by atoms with Crippen molar-refractivity contribution in [2.24, 2.45) is 5.92 Å². The van der Waals surface area contributed by atoms with E-state index in [1.807, 2.05) is 50.2 Å². The standard InChI is InChI=1S/C33H37N5O5/c1-22(2)21-38(17-16-35-33(41)25-13-14-28-29(20-25)43-19-18-42-28)30(39)8-5-15-34-32(40)24-11-9-23(10-12-24)31-26-6-3-4-7-27(26)36-37-31/h3-4,6-7,9-14,20,22H,5,8,15-19,21H2,1-2H3,(H,34,40)(H,35,41)(H,36,37). The second-order valence-electron chi connectivity index (χ2n) is 10.9. The van der Waals surface area contributed by atoms with Gasteiger partial charge in [-0.15, -0.1) is 0 Å². The minimum absolute atomic E-state index is 0.00731. The number of para-hydroxylation sites is 1. The van der Waals surface area contributed by atoms with Gasteiger partial charge in [-0.3, -0.25) is 19.5 Å².